The fourth-order valence-electron chi connectivity index (χ4n) is 2.55. The van der Waals surface area contributed by atoms with Crippen LogP contribution in [-0.2, 0) is 22.6 Å². The maximum atomic E-state index is 5.64. The SMILES string of the molecule is CCOCCOCc1cccc(CNC(=NC)NC(C)CCC(C)C)c1.I. The molecule has 1 aromatic carbocycles. The lowest BCUT2D eigenvalue weighted by atomic mass is 10.0. The number of benzene rings is 1. The highest BCUT2D eigenvalue weighted by molar-refractivity contribution is 14.0. The molecule has 0 amide bonds. The van der Waals surface area contributed by atoms with Gasteiger partial charge in [-0.15, -0.1) is 24.0 Å². The summed E-state index contributed by atoms with van der Waals surface area (Å²) in [7, 11) is 1.81. The third-order valence-corrected chi connectivity index (χ3v) is 4.08. The van der Waals surface area contributed by atoms with Gasteiger partial charge in [-0.2, -0.15) is 0 Å². The number of hydrogen-bond donors (Lipinski definition) is 2. The largest absolute Gasteiger partial charge is 0.379 e. The van der Waals surface area contributed by atoms with Crippen molar-refractivity contribution in [3.05, 3.63) is 35.4 Å². The Bertz CT molecular complexity index is 524. The molecule has 0 heterocycles. The molecule has 0 aliphatic carbocycles. The second-order valence-corrected chi connectivity index (χ2v) is 7.01. The lowest BCUT2D eigenvalue weighted by Gasteiger charge is -2.19. The quantitative estimate of drug-likeness (QED) is 0.198. The Labute approximate surface area is 182 Å². The highest BCUT2D eigenvalue weighted by atomic mass is 127. The lowest BCUT2D eigenvalue weighted by Crippen LogP contribution is -2.41. The van der Waals surface area contributed by atoms with E-state index in [9.17, 15) is 0 Å². The van der Waals surface area contributed by atoms with Gasteiger partial charge < -0.3 is 20.1 Å². The molecule has 1 rings (SSSR count). The first kappa shape index (κ1) is 26.1. The van der Waals surface area contributed by atoms with Gasteiger partial charge in [-0.1, -0.05) is 38.1 Å². The molecule has 27 heavy (non-hydrogen) atoms. The lowest BCUT2D eigenvalue weighted by molar-refractivity contribution is 0.0453. The van der Waals surface area contributed by atoms with Crippen molar-refractivity contribution in [3.63, 3.8) is 0 Å². The van der Waals surface area contributed by atoms with Crippen LogP contribution in [-0.4, -0.2) is 38.9 Å². The molecule has 156 valence electrons. The van der Waals surface area contributed by atoms with Crippen LogP contribution in [0.15, 0.2) is 29.3 Å². The van der Waals surface area contributed by atoms with Crippen LogP contribution in [0.3, 0.4) is 0 Å². The molecule has 0 radical (unpaired) electrons. The number of nitrogens with zero attached hydrogens (tertiary/aromatic N) is 1. The molecule has 0 saturated heterocycles. The van der Waals surface area contributed by atoms with Crippen molar-refractivity contribution in [2.24, 2.45) is 10.9 Å². The minimum Gasteiger partial charge on any atom is -0.379 e. The van der Waals surface area contributed by atoms with Crippen molar-refractivity contribution in [2.75, 3.05) is 26.9 Å². The predicted molar refractivity (Wildman–Crippen MR) is 125 cm³/mol. The number of hydrogen-bond acceptors (Lipinski definition) is 3. The molecular weight excluding hydrogens is 453 g/mol. The molecule has 5 nitrogen and oxygen atoms in total. The fraction of sp³-hybridized carbons (Fsp3) is 0.667. The van der Waals surface area contributed by atoms with Gasteiger partial charge in [0, 0.05) is 26.2 Å². The molecule has 0 saturated carbocycles. The maximum absolute atomic E-state index is 5.64. The van der Waals surface area contributed by atoms with Crippen molar-refractivity contribution >= 4 is 29.9 Å². The Balaban J connectivity index is 0.00000676. The van der Waals surface area contributed by atoms with Gasteiger partial charge in [-0.25, -0.2) is 0 Å². The van der Waals surface area contributed by atoms with Crippen molar-refractivity contribution in [3.8, 4) is 0 Å². The van der Waals surface area contributed by atoms with E-state index in [0.29, 0.717) is 25.9 Å². The van der Waals surface area contributed by atoms with Gasteiger partial charge in [0.05, 0.1) is 19.8 Å². The first-order valence-electron chi connectivity index (χ1n) is 9.75. The van der Waals surface area contributed by atoms with Crippen LogP contribution in [0.25, 0.3) is 0 Å². The van der Waals surface area contributed by atoms with Crippen LogP contribution in [0, 0.1) is 5.92 Å². The van der Waals surface area contributed by atoms with E-state index in [1.54, 1.807) is 0 Å². The zero-order valence-corrected chi connectivity index (χ0v) is 19.9. The first-order chi connectivity index (χ1) is 12.5. The molecule has 1 atom stereocenters. The summed E-state index contributed by atoms with van der Waals surface area (Å²) in [5, 5.41) is 6.85. The van der Waals surface area contributed by atoms with Crippen molar-refractivity contribution in [1.29, 1.82) is 0 Å². The van der Waals surface area contributed by atoms with Crippen LogP contribution in [0.5, 0.6) is 0 Å². The Kier molecular flexibility index (Phi) is 15.6. The highest BCUT2D eigenvalue weighted by Crippen LogP contribution is 2.08. The van der Waals surface area contributed by atoms with E-state index in [0.717, 1.165) is 31.4 Å². The second-order valence-electron chi connectivity index (χ2n) is 7.01. The van der Waals surface area contributed by atoms with Crippen LogP contribution >= 0.6 is 24.0 Å². The summed E-state index contributed by atoms with van der Waals surface area (Å²) in [6, 6.07) is 8.86. The molecule has 0 spiro atoms. The zero-order chi connectivity index (χ0) is 19.2. The van der Waals surface area contributed by atoms with Crippen LogP contribution in [0.4, 0.5) is 0 Å². The number of halogens is 1. The molecule has 6 heteroatoms. The number of ether oxygens (including phenoxy) is 2. The topological polar surface area (TPSA) is 54.9 Å². The molecule has 0 fully saturated rings. The van der Waals surface area contributed by atoms with Gasteiger partial charge in [-0.3, -0.25) is 4.99 Å². The Morgan fingerprint density at radius 1 is 1.07 bits per heavy atom. The second kappa shape index (κ2) is 16.1. The number of guanidine groups is 1. The molecule has 1 unspecified atom stereocenters. The minimum atomic E-state index is 0. The maximum Gasteiger partial charge on any atom is 0.191 e. The molecule has 0 aliphatic rings. The number of nitrogens with one attached hydrogen (secondary N) is 2. The van der Waals surface area contributed by atoms with E-state index in [-0.39, 0.29) is 24.0 Å². The number of rotatable bonds is 12. The Hall–Kier alpha value is -0.860. The van der Waals surface area contributed by atoms with Gasteiger partial charge >= 0.3 is 0 Å². The third-order valence-electron chi connectivity index (χ3n) is 4.08. The van der Waals surface area contributed by atoms with E-state index in [1.807, 2.05) is 14.0 Å². The van der Waals surface area contributed by atoms with Gasteiger partial charge in [0.1, 0.15) is 0 Å². The molecule has 2 N–H and O–H groups in total. The van der Waals surface area contributed by atoms with Gasteiger partial charge in [0.2, 0.25) is 0 Å². The predicted octanol–water partition coefficient (Wildman–Crippen LogP) is 4.35. The Morgan fingerprint density at radius 2 is 1.78 bits per heavy atom. The summed E-state index contributed by atoms with van der Waals surface area (Å²) in [5.74, 6) is 1.58. The monoisotopic (exact) mass is 491 g/mol. The van der Waals surface area contributed by atoms with E-state index in [1.165, 1.54) is 17.5 Å². The van der Waals surface area contributed by atoms with E-state index in [2.05, 4.69) is 60.7 Å². The molecule has 0 aliphatic heterocycles. The summed E-state index contributed by atoms with van der Waals surface area (Å²) in [6.45, 7) is 12.1. The van der Waals surface area contributed by atoms with Gasteiger partial charge in [0.25, 0.3) is 0 Å². The van der Waals surface area contributed by atoms with Gasteiger partial charge in [0.15, 0.2) is 5.96 Å². The van der Waals surface area contributed by atoms with Crippen LogP contribution < -0.4 is 10.6 Å². The summed E-state index contributed by atoms with van der Waals surface area (Å²) in [5.41, 5.74) is 2.39. The third kappa shape index (κ3) is 13.0. The average molecular weight is 491 g/mol. The summed E-state index contributed by atoms with van der Waals surface area (Å²) in [6.07, 6.45) is 2.36. The van der Waals surface area contributed by atoms with Crippen molar-refractivity contribution in [2.45, 2.75) is 59.7 Å². The van der Waals surface area contributed by atoms with E-state index < -0.39 is 0 Å². The van der Waals surface area contributed by atoms with E-state index >= 15 is 0 Å². The van der Waals surface area contributed by atoms with Crippen molar-refractivity contribution in [1.82, 2.24) is 10.6 Å². The average Bonchev–Trinajstić information content (AvgIpc) is 2.63. The summed E-state index contributed by atoms with van der Waals surface area (Å²) in [4.78, 5) is 4.33. The summed E-state index contributed by atoms with van der Waals surface area (Å²) >= 11 is 0. The molecule has 0 aromatic heterocycles. The zero-order valence-electron chi connectivity index (χ0n) is 17.6. The molecular formula is C21H38IN3O2. The van der Waals surface area contributed by atoms with Crippen molar-refractivity contribution < 1.29 is 9.47 Å². The van der Waals surface area contributed by atoms with Gasteiger partial charge in [-0.05, 0) is 43.7 Å². The Morgan fingerprint density at radius 3 is 2.44 bits per heavy atom. The first-order valence-corrected chi connectivity index (χ1v) is 9.75. The smallest absolute Gasteiger partial charge is 0.191 e. The minimum absolute atomic E-state index is 0. The van der Waals surface area contributed by atoms with Crippen LogP contribution in [0.2, 0.25) is 0 Å². The standard InChI is InChI=1S/C21H37N3O2.HI/c1-6-25-12-13-26-16-20-9-7-8-19(14-20)15-23-21(22-5)24-18(4)11-10-17(2)3;/h7-9,14,17-18H,6,10-13,15-16H2,1-5H3,(H2,22,23,24);1H. The fourth-order valence-corrected chi connectivity index (χ4v) is 2.55. The number of aliphatic imine (C=N–C) groups is 1. The summed E-state index contributed by atoms with van der Waals surface area (Å²) < 4.78 is 10.9. The molecule has 0 bridgehead atoms. The normalized spacial score (nSPS) is 12.6. The van der Waals surface area contributed by atoms with Crippen LogP contribution in [0.1, 0.15) is 51.7 Å². The van der Waals surface area contributed by atoms with E-state index in [4.69, 9.17) is 9.47 Å². The molecule has 1 aromatic rings. The highest BCUT2D eigenvalue weighted by Gasteiger charge is 2.06.